The van der Waals surface area contributed by atoms with E-state index in [2.05, 4.69) is 20.4 Å². The molecule has 0 spiro atoms. The van der Waals surface area contributed by atoms with E-state index in [0.717, 1.165) is 11.1 Å². The summed E-state index contributed by atoms with van der Waals surface area (Å²) in [4.78, 5) is 4.04. The number of benzene rings is 2. The first-order valence-electron chi connectivity index (χ1n) is 7.72. The van der Waals surface area contributed by atoms with Crippen molar-refractivity contribution in [1.82, 2.24) is 10.6 Å². The molecular formula is C18H20F3N3O. The molecule has 0 saturated carbocycles. The molecule has 0 fully saturated rings. The number of aryl methyl sites for hydroxylation is 1. The van der Waals surface area contributed by atoms with Gasteiger partial charge in [-0.25, -0.2) is 4.39 Å². The molecule has 7 heteroatoms. The predicted octanol–water partition coefficient (Wildman–Crippen LogP) is 3.60. The van der Waals surface area contributed by atoms with Gasteiger partial charge in [0.25, 0.3) is 0 Å². The van der Waals surface area contributed by atoms with E-state index >= 15 is 0 Å². The van der Waals surface area contributed by atoms with Crippen molar-refractivity contribution < 1.29 is 17.9 Å². The van der Waals surface area contributed by atoms with Gasteiger partial charge in [0.15, 0.2) is 5.96 Å². The lowest BCUT2D eigenvalue weighted by Gasteiger charge is -2.15. The Hall–Kier alpha value is -2.70. The van der Waals surface area contributed by atoms with Crippen molar-refractivity contribution in [2.45, 2.75) is 26.6 Å². The molecule has 0 saturated heterocycles. The smallest absolute Gasteiger partial charge is 0.387 e. The average Bonchev–Trinajstić information content (AvgIpc) is 2.58. The number of ether oxygens (including phenoxy) is 1. The quantitative estimate of drug-likeness (QED) is 0.617. The highest BCUT2D eigenvalue weighted by Crippen LogP contribution is 2.23. The summed E-state index contributed by atoms with van der Waals surface area (Å²) in [5, 5.41) is 5.98. The molecule has 4 nitrogen and oxygen atoms in total. The van der Waals surface area contributed by atoms with Gasteiger partial charge in [-0.3, -0.25) is 4.99 Å². The van der Waals surface area contributed by atoms with Gasteiger partial charge in [-0.1, -0.05) is 35.9 Å². The van der Waals surface area contributed by atoms with E-state index in [0.29, 0.717) is 12.5 Å². The minimum atomic E-state index is -3.01. The average molecular weight is 351 g/mol. The molecule has 2 N–H and O–H groups in total. The van der Waals surface area contributed by atoms with Gasteiger partial charge in [0.1, 0.15) is 11.6 Å². The lowest BCUT2D eigenvalue weighted by atomic mass is 10.1. The maximum atomic E-state index is 13.9. The number of halogens is 3. The van der Waals surface area contributed by atoms with Crippen LogP contribution in [-0.4, -0.2) is 19.6 Å². The van der Waals surface area contributed by atoms with Gasteiger partial charge in [-0.2, -0.15) is 8.78 Å². The summed E-state index contributed by atoms with van der Waals surface area (Å²) < 4.78 is 43.1. The molecular weight excluding hydrogens is 331 g/mol. The van der Waals surface area contributed by atoms with E-state index in [1.165, 1.54) is 18.2 Å². The van der Waals surface area contributed by atoms with Crippen LogP contribution in [0.15, 0.2) is 47.5 Å². The molecule has 134 valence electrons. The zero-order valence-corrected chi connectivity index (χ0v) is 14.0. The SMILES string of the molecule is CN=C(NCc1ccc(C)cc1)NCc1c(F)cccc1OC(F)F. The van der Waals surface area contributed by atoms with Gasteiger partial charge in [0.05, 0.1) is 0 Å². The summed E-state index contributed by atoms with van der Waals surface area (Å²) in [5.41, 5.74) is 2.24. The van der Waals surface area contributed by atoms with Gasteiger partial charge in [0.2, 0.25) is 0 Å². The Morgan fingerprint density at radius 1 is 1.08 bits per heavy atom. The number of aliphatic imine (C=N–C) groups is 1. The molecule has 0 amide bonds. The minimum Gasteiger partial charge on any atom is -0.434 e. The second kappa shape index (κ2) is 8.96. The zero-order valence-electron chi connectivity index (χ0n) is 14.0. The normalized spacial score (nSPS) is 11.5. The van der Waals surface area contributed by atoms with Crippen LogP contribution in [-0.2, 0) is 13.1 Å². The van der Waals surface area contributed by atoms with Crippen molar-refractivity contribution >= 4 is 5.96 Å². The van der Waals surface area contributed by atoms with Gasteiger partial charge in [-0.15, -0.1) is 0 Å². The van der Waals surface area contributed by atoms with E-state index in [1.807, 2.05) is 31.2 Å². The zero-order chi connectivity index (χ0) is 18.2. The van der Waals surface area contributed by atoms with Gasteiger partial charge in [0, 0.05) is 25.7 Å². The highest BCUT2D eigenvalue weighted by atomic mass is 19.3. The van der Waals surface area contributed by atoms with Crippen LogP contribution in [0.4, 0.5) is 13.2 Å². The molecule has 25 heavy (non-hydrogen) atoms. The summed E-state index contributed by atoms with van der Waals surface area (Å²) in [6.45, 7) is -0.523. The molecule has 0 atom stereocenters. The fourth-order valence-electron chi connectivity index (χ4n) is 2.20. The summed E-state index contributed by atoms with van der Waals surface area (Å²) in [7, 11) is 1.57. The Morgan fingerprint density at radius 2 is 1.76 bits per heavy atom. The first-order chi connectivity index (χ1) is 12.0. The molecule has 2 rings (SSSR count). The molecule has 0 aromatic heterocycles. The van der Waals surface area contributed by atoms with Crippen LogP contribution < -0.4 is 15.4 Å². The van der Waals surface area contributed by atoms with Gasteiger partial charge >= 0.3 is 6.61 Å². The molecule has 0 aliphatic rings. The number of alkyl halides is 2. The van der Waals surface area contributed by atoms with E-state index in [4.69, 9.17) is 0 Å². The summed E-state index contributed by atoms with van der Waals surface area (Å²) in [6.07, 6.45) is 0. The van der Waals surface area contributed by atoms with E-state index in [-0.39, 0.29) is 17.9 Å². The highest BCUT2D eigenvalue weighted by molar-refractivity contribution is 5.79. The molecule has 0 aliphatic carbocycles. The Bertz CT molecular complexity index is 718. The maximum absolute atomic E-state index is 13.9. The molecule has 0 bridgehead atoms. The van der Waals surface area contributed by atoms with Crippen molar-refractivity contribution in [3.8, 4) is 5.75 Å². The van der Waals surface area contributed by atoms with Crippen molar-refractivity contribution in [2.75, 3.05) is 7.05 Å². The van der Waals surface area contributed by atoms with Crippen molar-refractivity contribution in [2.24, 2.45) is 4.99 Å². The molecule has 0 aliphatic heterocycles. The Labute approximate surface area is 144 Å². The van der Waals surface area contributed by atoms with Crippen LogP contribution in [0.1, 0.15) is 16.7 Å². The van der Waals surface area contributed by atoms with E-state index < -0.39 is 12.4 Å². The number of nitrogens with one attached hydrogen (secondary N) is 2. The minimum absolute atomic E-state index is 0.0149. The second-order valence-corrected chi connectivity index (χ2v) is 5.36. The second-order valence-electron chi connectivity index (χ2n) is 5.36. The molecule has 0 radical (unpaired) electrons. The first-order valence-corrected chi connectivity index (χ1v) is 7.72. The van der Waals surface area contributed by atoms with Gasteiger partial charge in [-0.05, 0) is 24.6 Å². The molecule has 0 heterocycles. The van der Waals surface area contributed by atoms with Crippen LogP contribution in [0.3, 0.4) is 0 Å². The maximum Gasteiger partial charge on any atom is 0.387 e. The third kappa shape index (κ3) is 5.70. The van der Waals surface area contributed by atoms with Crippen LogP contribution in [0.2, 0.25) is 0 Å². The fourth-order valence-corrected chi connectivity index (χ4v) is 2.20. The third-order valence-electron chi connectivity index (χ3n) is 3.53. The first kappa shape index (κ1) is 18.6. The largest absolute Gasteiger partial charge is 0.434 e. The lowest BCUT2D eigenvalue weighted by molar-refractivity contribution is -0.0506. The van der Waals surface area contributed by atoms with Crippen LogP contribution in [0.5, 0.6) is 5.75 Å². The number of guanidine groups is 1. The predicted molar refractivity (Wildman–Crippen MR) is 91.2 cm³/mol. The molecule has 2 aromatic rings. The summed E-state index contributed by atoms with van der Waals surface area (Å²) in [6, 6.07) is 11.8. The Kier molecular flexibility index (Phi) is 6.68. The number of hydrogen-bond donors (Lipinski definition) is 2. The van der Waals surface area contributed by atoms with Crippen LogP contribution in [0.25, 0.3) is 0 Å². The Morgan fingerprint density at radius 3 is 2.40 bits per heavy atom. The van der Waals surface area contributed by atoms with Gasteiger partial charge < -0.3 is 15.4 Å². The lowest BCUT2D eigenvalue weighted by Crippen LogP contribution is -2.36. The highest BCUT2D eigenvalue weighted by Gasteiger charge is 2.14. The Balaban J connectivity index is 1.97. The molecule has 0 unspecified atom stereocenters. The summed E-state index contributed by atoms with van der Waals surface area (Å²) >= 11 is 0. The van der Waals surface area contributed by atoms with Crippen LogP contribution >= 0.6 is 0 Å². The van der Waals surface area contributed by atoms with E-state index in [9.17, 15) is 13.2 Å². The monoisotopic (exact) mass is 351 g/mol. The number of hydrogen-bond acceptors (Lipinski definition) is 2. The molecule has 2 aromatic carbocycles. The van der Waals surface area contributed by atoms with Crippen molar-refractivity contribution in [3.63, 3.8) is 0 Å². The van der Waals surface area contributed by atoms with Crippen molar-refractivity contribution in [1.29, 1.82) is 0 Å². The third-order valence-corrected chi connectivity index (χ3v) is 3.53. The number of rotatable bonds is 6. The fraction of sp³-hybridized carbons (Fsp3) is 0.278. The topological polar surface area (TPSA) is 45.7 Å². The standard InChI is InChI=1S/C18H20F3N3O/c1-12-6-8-13(9-7-12)10-23-18(22-2)24-11-14-15(19)4-3-5-16(14)25-17(20)21/h3-9,17H,10-11H2,1-2H3,(H2,22,23,24). The van der Waals surface area contributed by atoms with Crippen molar-refractivity contribution in [3.05, 3.63) is 65.0 Å². The van der Waals surface area contributed by atoms with Crippen LogP contribution in [0, 0.1) is 12.7 Å². The van der Waals surface area contributed by atoms with E-state index in [1.54, 1.807) is 7.05 Å². The number of nitrogens with zero attached hydrogens (tertiary/aromatic N) is 1. The summed E-state index contributed by atoms with van der Waals surface area (Å²) in [5.74, 6) is -0.400.